The van der Waals surface area contributed by atoms with Gasteiger partial charge in [0.15, 0.2) is 5.82 Å². The predicted molar refractivity (Wildman–Crippen MR) is 80.7 cm³/mol. The third kappa shape index (κ3) is 3.32. The normalized spacial score (nSPS) is 14.7. The number of hydrogen-bond acceptors (Lipinski definition) is 4. The lowest BCUT2D eigenvalue weighted by Crippen LogP contribution is -2.39. The first kappa shape index (κ1) is 14.0. The van der Waals surface area contributed by atoms with E-state index in [2.05, 4.69) is 4.98 Å². The molecule has 0 atom stereocenters. The summed E-state index contributed by atoms with van der Waals surface area (Å²) in [6, 6.07) is 0.545. The van der Waals surface area contributed by atoms with Crippen LogP contribution >= 0.6 is 12.2 Å². The molecule has 0 aromatic carbocycles. The maximum absolute atomic E-state index is 12.4. The standard InChI is InChI=1S/C13H20N4OS/c1-9(2)16(7-5-11(14)19)12-13(18)17(8-6-15-12)10-3-4-10/h6,8-10H,3-5,7H2,1-2H3,(H2,14,19). The Labute approximate surface area is 118 Å². The molecule has 2 rings (SSSR count). The highest BCUT2D eigenvalue weighted by Crippen LogP contribution is 2.33. The Hall–Kier alpha value is -1.43. The van der Waals surface area contributed by atoms with Gasteiger partial charge in [-0.3, -0.25) is 4.79 Å². The average molecular weight is 280 g/mol. The molecule has 1 saturated carbocycles. The van der Waals surface area contributed by atoms with Gasteiger partial charge >= 0.3 is 0 Å². The molecular formula is C13H20N4OS. The summed E-state index contributed by atoms with van der Waals surface area (Å²) in [5.74, 6) is 0.501. The molecule has 1 aromatic rings. The number of nitrogens with zero attached hydrogens (tertiary/aromatic N) is 3. The zero-order chi connectivity index (χ0) is 14.0. The minimum absolute atomic E-state index is 0.0124. The Morgan fingerprint density at radius 3 is 2.84 bits per heavy atom. The van der Waals surface area contributed by atoms with Crippen LogP contribution in [0.15, 0.2) is 17.2 Å². The Morgan fingerprint density at radius 2 is 2.32 bits per heavy atom. The quantitative estimate of drug-likeness (QED) is 0.799. The van der Waals surface area contributed by atoms with Gasteiger partial charge in [0.25, 0.3) is 5.56 Å². The number of hydrogen-bond donors (Lipinski definition) is 1. The van der Waals surface area contributed by atoms with Gasteiger partial charge < -0.3 is 15.2 Å². The number of thiocarbonyl (C=S) groups is 1. The largest absolute Gasteiger partial charge is 0.393 e. The fourth-order valence-electron chi connectivity index (χ4n) is 2.09. The monoisotopic (exact) mass is 280 g/mol. The molecule has 19 heavy (non-hydrogen) atoms. The van der Waals surface area contributed by atoms with Crippen molar-refractivity contribution in [2.24, 2.45) is 5.73 Å². The summed E-state index contributed by atoms with van der Waals surface area (Å²) in [5.41, 5.74) is 5.53. The van der Waals surface area contributed by atoms with Gasteiger partial charge in [0, 0.05) is 37.4 Å². The van der Waals surface area contributed by atoms with Gasteiger partial charge in [0.2, 0.25) is 0 Å². The van der Waals surface area contributed by atoms with E-state index in [0.29, 0.717) is 29.8 Å². The Bertz CT molecular complexity index is 522. The van der Waals surface area contributed by atoms with E-state index in [9.17, 15) is 4.79 Å². The number of aromatic nitrogens is 2. The van der Waals surface area contributed by atoms with Gasteiger partial charge in [-0.15, -0.1) is 0 Å². The minimum Gasteiger partial charge on any atom is -0.393 e. The maximum atomic E-state index is 12.4. The second-order valence-electron chi connectivity index (χ2n) is 5.20. The highest BCUT2D eigenvalue weighted by molar-refractivity contribution is 7.80. The molecular weight excluding hydrogens is 260 g/mol. The minimum atomic E-state index is -0.0124. The van der Waals surface area contributed by atoms with Crippen LogP contribution in [0.25, 0.3) is 0 Å². The second kappa shape index (κ2) is 5.69. The summed E-state index contributed by atoms with van der Waals surface area (Å²) in [6.07, 6.45) is 6.23. The smallest absolute Gasteiger partial charge is 0.293 e. The van der Waals surface area contributed by atoms with E-state index in [-0.39, 0.29) is 11.6 Å². The molecule has 1 aliphatic rings. The van der Waals surface area contributed by atoms with E-state index in [1.807, 2.05) is 18.7 Å². The van der Waals surface area contributed by atoms with E-state index in [0.717, 1.165) is 12.8 Å². The van der Waals surface area contributed by atoms with E-state index in [4.69, 9.17) is 18.0 Å². The van der Waals surface area contributed by atoms with E-state index in [1.54, 1.807) is 17.0 Å². The molecule has 1 heterocycles. The third-order valence-electron chi connectivity index (χ3n) is 3.28. The molecule has 0 saturated heterocycles. The summed E-state index contributed by atoms with van der Waals surface area (Å²) < 4.78 is 1.79. The summed E-state index contributed by atoms with van der Waals surface area (Å²) in [4.78, 5) is 19.1. The molecule has 1 aliphatic carbocycles. The van der Waals surface area contributed by atoms with E-state index in [1.165, 1.54) is 0 Å². The van der Waals surface area contributed by atoms with Crippen molar-refractivity contribution in [2.75, 3.05) is 11.4 Å². The molecule has 2 N–H and O–H groups in total. The van der Waals surface area contributed by atoms with Crippen molar-refractivity contribution in [3.63, 3.8) is 0 Å². The van der Waals surface area contributed by atoms with Crippen LogP contribution in [0.5, 0.6) is 0 Å². The Balaban J connectivity index is 2.28. The fraction of sp³-hybridized carbons (Fsp3) is 0.615. The van der Waals surface area contributed by atoms with Crippen molar-refractivity contribution in [2.45, 2.75) is 45.2 Å². The van der Waals surface area contributed by atoms with Crippen LogP contribution in [-0.2, 0) is 0 Å². The first-order valence-corrected chi connectivity index (χ1v) is 7.03. The molecule has 0 amide bonds. The summed E-state index contributed by atoms with van der Waals surface area (Å²) in [5, 5.41) is 0. The first-order chi connectivity index (χ1) is 9.00. The van der Waals surface area contributed by atoms with Gasteiger partial charge in [-0.25, -0.2) is 4.98 Å². The zero-order valence-electron chi connectivity index (χ0n) is 11.4. The van der Waals surface area contributed by atoms with Crippen LogP contribution in [0.3, 0.4) is 0 Å². The lowest BCUT2D eigenvalue weighted by Gasteiger charge is -2.27. The van der Waals surface area contributed by atoms with Crippen LogP contribution in [0, 0.1) is 0 Å². The molecule has 0 bridgehead atoms. The van der Waals surface area contributed by atoms with Crippen LogP contribution in [0.4, 0.5) is 5.82 Å². The van der Waals surface area contributed by atoms with Gasteiger partial charge in [-0.1, -0.05) is 12.2 Å². The summed E-state index contributed by atoms with van der Waals surface area (Å²) in [6.45, 7) is 4.70. The van der Waals surface area contributed by atoms with Crippen molar-refractivity contribution >= 4 is 23.0 Å². The van der Waals surface area contributed by atoms with Crippen molar-refractivity contribution in [1.82, 2.24) is 9.55 Å². The molecule has 0 radical (unpaired) electrons. The van der Waals surface area contributed by atoms with Gasteiger partial charge in [-0.2, -0.15) is 0 Å². The summed E-state index contributed by atoms with van der Waals surface area (Å²) >= 11 is 4.91. The topological polar surface area (TPSA) is 64.2 Å². The molecule has 1 fully saturated rings. The zero-order valence-corrected chi connectivity index (χ0v) is 12.2. The van der Waals surface area contributed by atoms with Crippen LogP contribution in [-0.4, -0.2) is 27.1 Å². The van der Waals surface area contributed by atoms with Gasteiger partial charge in [-0.05, 0) is 26.7 Å². The average Bonchev–Trinajstić information content (AvgIpc) is 3.14. The van der Waals surface area contributed by atoms with Crippen LogP contribution < -0.4 is 16.2 Å². The third-order valence-corrected chi connectivity index (χ3v) is 3.49. The van der Waals surface area contributed by atoms with Gasteiger partial charge in [0.1, 0.15) is 0 Å². The second-order valence-corrected chi connectivity index (χ2v) is 5.72. The first-order valence-electron chi connectivity index (χ1n) is 6.62. The van der Waals surface area contributed by atoms with Gasteiger partial charge in [0.05, 0.1) is 4.99 Å². The van der Waals surface area contributed by atoms with Crippen molar-refractivity contribution < 1.29 is 0 Å². The molecule has 5 nitrogen and oxygen atoms in total. The number of rotatable bonds is 6. The Morgan fingerprint density at radius 1 is 1.63 bits per heavy atom. The number of nitrogens with two attached hydrogens (primary N) is 1. The highest BCUT2D eigenvalue weighted by Gasteiger charge is 2.26. The maximum Gasteiger partial charge on any atom is 0.293 e. The van der Waals surface area contributed by atoms with Crippen molar-refractivity contribution in [1.29, 1.82) is 0 Å². The molecule has 104 valence electrons. The predicted octanol–water partition coefficient (Wildman–Crippen LogP) is 1.47. The molecule has 6 heteroatoms. The van der Waals surface area contributed by atoms with Crippen molar-refractivity contribution in [3.8, 4) is 0 Å². The summed E-state index contributed by atoms with van der Waals surface area (Å²) in [7, 11) is 0. The number of anilines is 1. The lowest BCUT2D eigenvalue weighted by molar-refractivity contribution is 0.646. The van der Waals surface area contributed by atoms with E-state index >= 15 is 0 Å². The Kier molecular flexibility index (Phi) is 4.19. The fourth-order valence-corrected chi connectivity index (χ4v) is 2.18. The van der Waals surface area contributed by atoms with Crippen LogP contribution in [0.2, 0.25) is 0 Å². The van der Waals surface area contributed by atoms with Crippen molar-refractivity contribution in [3.05, 3.63) is 22.7 Å². The molecule has 0 spiro atoms. The molecule has 0 aliphatic heterocycles. The molecule has 1 aromatic heterocycles. The molecule has 0 unspecified atom stereocenters. The SMILES string of the molecule is CC(C)N(CCC(N)=S)c1nccn(C2CC2)c1=O. The lowest BCUT2D eigenvalue weighted by atomic mass is 10.3. The highest BCUT2D eigenvalue weighted by atomic mass is 32.1. The van der Waals surface area contributed by atoms with Crippen LogP contribution in [0.1, 0.15) is 39.2 Å². The van der Waals surface area contributed by atoms with E-state index < -0.39 is 0 Å².